The summed E-state index contributed by atoms with van der Waals surface area (Å²) >= 11 is 3.29. The van der Waals surface area contributed by atoms with Crippen LogP contribution in [0.5, 0.6) is 0 Å². The number of carbonyl (C=O) groups is 1. The lowest BCUT2D eigenvalue weighted by Crippen LogP contribution is -1.93. The van der Waals surface area contributed by atoms with Gasteiger partial charge in [-0.2, -0.15) is 0 Å². The molecule has 1 unspecified atom stereocenters. The van der Waals surface area contributed by atoms with Crippen molar-refractivity contribution in [3.05, 3.63) is 0 Å². The third kappa shape index (κ3) is 3.98. The van der Waals surface area contributed by atoms with Crippen LogP contribution in [0.15, 0.2) is 0 Å². The zero-order chi connectivity index (χ0) is 4.28. The van der Waals surface area contributed by atoms with Crippen LogP contribution < -0.4 is 0 Å². The van der Waals surface area contributed by atoms with E-state index >= 15 is 0 Å². The fraction of sp³-hybridized carbons (Fsp3) is 0.500. The molecule has 0 heterocycles. The molecule has 0 saturated carbocycles. The standard InChI is InChI=1S/C2H4O2S/c3-1-2(4)5/h1-2,4-5H. The molecule has 0 aromatic carbocycles. The molecule has 0 aromatic rings. The third-order valence-corrected chi connectivity index (χ3v) is 0.243. The van der Waals surface area contributed by atoms with Gasteiger partial charge in [0.25, 0.3) is 0 Å². The number of aldehydes is 1. The number of thiol groups is 1. The highest BCUT2D eigenvalue weighted by Crippen LogP contribution is 1.76. The van der Waals surface area contributed by atoms with E-state index in [4.69, 9.17) is 5.11 Å². The predicted molar refractivity (Wildman–Crippen MR) is 21.1 cm³/mol. The van der Waals surface area contributed by atoms with Gasteiger partial charge in [0.05, 0.1) is 0 Å². The van der Waals surface area contributed by atoms with Gasteiger partial charge in [0.2, 0.25) is 0 Å². The van der Waals surface area contributed by atoms with Crippen LogP contribution >= 0.6 is 12.6 Å². The van der Waals surface area contributed by atoms with Crippen LogP contribution in [0.4, 0.5) is 0 Å². The molecule has 0 radical (unpaired) electrons. The lowest BCUT2D eigenvalue weighted by molar-refractivity contribution is -0.111. The lowest BCUT2D eigenvalue weighted by atomic mass is 10.8. The van der Waals surface area contributed by atoms with Gasteiger partial charge < -0.3 is 5.11 Å². The summed E-state index contributed by atoms with van der Waals surface area (Å²) in [6, 6.07) is 0. The Bertz CT molecular complexity index is 34.6. The van der Waals surface area contributed by atoms with Gasteiger partial charge in [-0.3, -0.25) is 4.79 Å². The molecule has 0 bridgehead atoms. The first-order valence-electron chi connectivity index (χ1n) is 1.09. The van der Waals surface area contributed by atoms with E-state index in [0.717, 1.165) is 0 Å². The van der Waals surface area contributed by atoms with Crippen molar-refractivity contribution in [1.82, 2.24) is 0 Å². The SMILES string of the molecule is O=CC(O)S. The van der Waals surface area contributed by atoms with Crippen molar-refractivity contribution < 1.29 is 9.90 Å². The topological polar surface area (TPSA) is 37.3 Å². The van der Waals surface area contributed by atoms with Gasteiger partial charge >= 0.3 is 0 Å². The van der Waals surface area contributed by atoms with Gasteiger partial charge in [0, 0.05) is 0 Å². The van der Waals surface area contributed by atoms with Crippen molar-refractivity contribution in [2.75, 3.05) is 0 Å². The first kappa shape index (κ1) is 4.98. The monoisotopic (exact) mass is 92.0 g/mol. The molecule has 0 aliphatic heterocycles. The molecule has 0 aliphatic carbocycles. The number of hydrogen-bond donors (Lipinski definition) is 2. The number of rotatable bonds is 1. The van der Waals surface area contributed by atoms with Gasteiger partial charge in [0.1, 0.15) is 0 Å². The molecular weight excluding hydrogens is 88.1 g/mol. The molecule has 3 heteroatoms. The maximum atomic E-state index is 9.18. The normalized spacial score (nSPS) is 14.0. The Morgan fingerprint density at radius 2 is 2.20 bits per heavy atom. The molecule has 0 amide bonds. The highest BCUT2D eigenvalue weighted by atomic mass is 32.1. The van der Waals surface area contributed by atoms with E-state index < -0.39 is 5.44 Å². The Kier molecular flexibility index (Phi) is 2.22. The van der Waals surface area contributed by atoms with E-state index in [2.05, 4.69) is 12.6 Å². The summed E-state index contributed by atoms with van der Waals surface area (Å²) in [5.74, 6) is 0. The first-order valence-corrected chi connectivity index (χ1v) is 1.60. The molecule has 5 heavy (non-hydrogen) atoms. The van der Waals surface area contributed by atoms with E-state index in [1.807, 2.05) is 0 Å². The van der Waals surface area contributed by atoms with Crippen LogP contribution in [0.25, 0.3) is 0 Å². The Hall–Kier alpha value is -0.0200. The highest BCUT2D eigenvalue weighted by molar-refractivity contribution is 7.81. The Morgan fingerprint density at radius 1 is 2.00 bits per heavy atom. The number of aliphatic hydroxyl groups excluding tert-OH is 1. The van der Waals surface area contributed by atoms with E-state index in [9.17, 15) is 4.79 Å². The van der Waals surface area contributed by atoms with Crippen LogP contribution in [0, 0.1) is 0 Å². The second-order valence-electron chi connectivity index (χ2n) is 0.550. The van der Waals surface area contributed by atoms with Gasteiger partial charge in [-0.25, -0.2) is 0 Å². The minimum Gasteiger partial charge on any atom is -0.375 e. The molecule has 1 atom stereocenters. The number of carbonyl (C=O) groups excluding carboxylic acids is 1. The minimum absolute atomic E-state index is 0.336. The quantitative estimate of drug-likeness (QED) is 0.258. The molecule has 0 aliphatic rings. The average molecular weight is 92.1 g/mol. The van der Waals surface area contributed by atoms with E-state index in [1.54, 1.807) is 0 Å². The van der Waals surface area contributed by atoms with Crippen LogP contribution in [-0.4, -0.2) is 16.8 Å². The van der Waals surface area contributed by atoms with E-state index in [-0.39, 0.29) is 0 Å². The van der Waals surface area contributed by atoms with Crippen LogP contribution in [-0.2, 0) is 4.79 Å². The van der Waals surface area contributed by atoms with Crippen LogP contribution in [0.3, 0.4) is 0 Å². The largest absolute Gasteiger partial charge is 0.375 e. The molecule has 0 aromatic heterocycles. The fourth-order valence-electron chi connectivity index (χ4n) is 0. The fourth-order valence-corrected chi connectivity index (χ4v) is 0. The van der Waals surface area contributed by atoms with Crippen molar-refractivity contribution in [2.24, 2.45) is 0 Å². The Labute approximate surface area is 35.2 Å². The summed E-state index contributed by atoms with van der Waals surface area (Å²) < 4.78 is 0. The second-order valence-corrected chi connectivity index (χ2v) is 1.08. The summed E-state index contributed by atoms with van der Waals surface area (Å²) in [5, 5.41) is 7.86. The second kappa shape index (κ2) is 2.23. The average Bonchev–Trinajstić information content (AvgIpc) is 1.38. The smallest absolute Gasteiger partial charge is 0.158 e. The van der Waals surface area contributed by atoms with E-state index in [1.165, 1.54) is 0 Å². The van der Waals surface area contributed by atoms with Crippen molar-refractivity contribution in [3.63, 3.8) is 0 Å². The molecule has 1 N–H and O–H groups in total. The van der Waals surface area contributed by atoms with Gasteiger partial charge in [-0.15, -0.1) is 12.6 Å². The van der Waals surface area contributed by atoms with Gasteiger partial charge in [-0.1, -0.05) is 0 Å². The van der Waals surface area contributed by atoms with Crippen molar-refractivity contribution in [1.29, 1.82) is 0 Å². The van der Waals surface area contributed by atoms with Crippen molar-refractivity contribution >= 4 is 18.9 Å². The molecule has 30 valence electrons. The lowest BCUT2D eigenvalue weighted by Gasteiger charge is -1.79. The van der Waals surface area contributed by atoms with Crippen molar-refractivity contribution in [2.45, 2.75) is 5.44 Å². The summed E-state index contributed by atoms with van der Waals surface area (Å²) in [6.45, 7) is 0. The Morgan fingerprint density at radius 3 is 2.20 bits per heavy atom. The predicted octanol–water partition coefficient (Wildman–Crippen LogP) is -0.567. The molecule has 0 spiro atoms. The molecule has 0 saturated heterocycles. The number of aliphatic hydroxyl groups is 1. The van der Waals surface area contributed by atoms with Crippen LogP contribution in [0.2, 0.25) is 0 Å². The molecule has 2 nitrogen and oxygen atoms in total. The Balaban J connectivity index is 2.83. The third-order valence-electron chi connectivity index (χ3n) is 0.122. The first-order chi connectivity index (χ1) is 2.27. The van der Waals surface area contributed by atoms with E-state index in [0.29, 0.717) is 6.29 Å². The highest BCUT2D eigenvalue weighted by Gasteiger charge is 1.82. The molecular formula is C2H4O2S. The summed E-state index contributed by atoms with van der Waals surface area (Å²) in [5.41, 5.74) is -1.10. The summed E-state index contributed by atoms with van der Waals surface area (Å²) in [6.07, 6.45) is 0.336. The maximum absolute atomic E-state index is 9.18. The number of hydrogen-bond acceptors (Lipinski definition) is 3. The minimum atomic E-state index is -1.10. The summed E-state index contributed by atoms with van der Waals surface area (Å²) in [7, 11) is 0. The molecule has 0 rings (SSSR count). The van der Waals surface area contributed by atoms with Gasteiger partial charge in [0.15, 0.2) is 11.7 Å². The molecule has 0 fully saturated rings. The van der Waals surface area contributed by atoms with Crippen molar-refractivity contribution in [3.8, 4) is 0 Å². The van der Waals surface area contributed by atoms with Gasteiger partial charge in [-0.05, 0) is 0 Å². The maximum Gasteiger partial charge on any atom is 0.158 e. The van der Waals surface area contributed by atoms with Crippen LogP contribution in [0.1, 0.15) is 0 Å². The zero-order valence-corrected chi connectivity index (χ0v) is 3.35. The summed E-state index contributed by atoms with van der Waals surface area (Å²) in [4.78, 5) is 9.18. The zero-order valence-electron chi connectivity index (χ0n) is 2.46.